The van der Waals surface area contributed by atoms with Gasteiger partial charge in [-0.3, -0.25) is 0 Å². The smallest absolute Gasteiger partial charge is 0.130 e. The summed E-state index contributed by atoms with van der Waals surface area (Å²) in [6.45, 7) is 0. The molecule has 0 spiro atoms. The van der Waals surface area contributed by atoms with E-state index in [4.69, 9.17) is 23.8 Å². The van der Waals surface area contributed by atoms with E-state index in [9.17, 15) is 0 Å². The first-order valence-corrected chi connectivity index (χ1v) is 5.90. The molecule has 4 heteroatoms. The summed E-state index contributed by atoms with van der Waals surface area (Å²) in [7, 11) is 0. The van der Waals surface area contributed by atoms with E-state index >= 15 is 0 Å². The second-order valence-electron chi connectivity index (χ2n) is 3.74. The Hall–Kier alpha value is -0.410. The Morgan fingerprint density at radius 1 is 1.50 bits per heavy atom. The van der Waals surface area contributed by atoms with Crippen LogP contribution in [0, 0.1) is 4.64 Å². The van der Waals surface area contributed by atoms with Gasteiger partial charge in [0.05, 0.1) is 5.88 Å². The molecular formula is C10H13ClN2S. The summed E-state index contributed by atoms with van der Waals surface area (Å²) in [6, 6.07) is 1.97. The van der Waals surface area contributed by atoms with Gasteiger partial charge in [-0.25, -0.2) is 4.98 Å². The molecule has 14 heavy (non-hydrogen) atoms. The van der Waals surface area contributed by atoms with Crippen molar-refractivity contribution in [1.82, 2.24) is 9.97 Å². The summed E-state index contributed by atoms with van der Waals surface area (Å²) >= 11 is 10.8. The summed E-state index contributed by atoms with van der Waals surface area (Å²) < 4.78 is 0.654. The summed E-state index contributed by atoms with van der Waals surface area (Å²) in [5.41, 5.74) is 1.22. The van der Waals surface area contributed by atoms with E-state index in [0.717, 1.165) is 5.82 Å². The van der Waals surface area contributed by atoms with Gasteiger partial charge in [0.2, 0.25) is 0 Å². The fourth-order valence-electron chi connectivity index (χ4n) is 2.05. The summed E-state index contributed by atoms with van der Waals surface area (Å²) in [4.78, 5) is 7.42. The highest BCUT2D eigenvalue weighted by Gasteiger charge is 2.17. The van der Waals surface area contributed by atoms with Crippen LogP contribution in [0.1, 0.15) is 43.1 Å². The third kappa shape index (κ3) is 2.15. The molecule has 1 aliphatic carbocycles. The van der Waals surface area contributed by atoms with Gasteiger partial charge in [0.1, 0.15) is 10.5 Å². The average molecular weight is 229 g/mol. The molecule has 0 aromatic carbocycles. The molecule has 1 aliphatic rings. The Morgan fingerprint density at radius 3 is 2.86 bits per heavy atom. The minimum atomic E-state index is 0.407. The molecule has 0 radical (unpaired) electrons. The van der Waals surface area contributed by atoms with Crippen LogP contribution in [-0.2, 0) is 5.88 Å². The molecule has 0 bridgehead atoms. The van der Waals surface area contributed by atoms with E-state index in [1.807, 2.05) is 6.07 Å². The Kier molecular flexibility index (Phi) is 3.19. The predicted molar refractivity (Wildman–Crippen MR) is 60.2 cm³/mol. The molecule has 1 aromatic rings. The van der Waals surface area contributed by atoms with Crippen molar-refractivity contribution in [3.05, 3.63) is 22.2 Å². The summed E-state index contributed by atoms with van der Waals surface area (Å²) in [6.07, 6.45) is 5.17. The minimum Gasteiger partial charge on any atom is -0.346 e. The highest BCUT2D eigenvalue weighted by atomic mass is 35.5. The maximum Gasteiger partial charge on any atom is 0.130 e. The second-order valence-corrected chi connectivity index (χ2v) is 4.42. The van der Waals surface area contributed by atoms with Crippen LogP contribution >= 0.6 is 23.8 Å². The molecule has 1 saturated carbocycles. The van der Waals surface area contributed by atoms with Crippen molar-refractivity contribution in [1.29, 1.82) is 0 Å². The van der Waals surface area contributed by atoms with Gasteiger partial charge >= 0.3 is 0 Å². The third-order valence-electron chi connectivity index (χ3n) is 2.73. The van der Waals surface area contributed by atoms with Crippen LogP contribution in [0.5, 0.6) is 0 Å². The van der Waals surface area contributed by atoms with E-state index in [2.05, 4.69) is 9.97 Å². The summed E-state index contributed by atoms with van der Waals surface area (Å²) in [5, 5.41) is 0. The lowest BCUT2D eigenvalue weighted by Crippen LogP contribution is -2.01. The first-order valence-electron chi connectivity index (χ1n) is 4.95. The van der Waals surface area contributed by atoms with Crippen LogP contribution in [-0.4, -0.2) is 9.97 Å². The predicted octanol–water partition coefficient (Wildman–Crippen LogP) is 3.54. The Labute approximate surface area is 93.7 Å². The van der Waals surface area contributed by atoms with Crippen molar-refractivity contribution in [3.8, 4) is 0 Å². The maximum atomic E-state index is 5.74. The average Bonchev–Trinajstić information content (AvgIpc) is 2.69. The van der Waals surface area contributed by atoms with Gasteiger partial charge in [-0.05, 0) is 24.8 Å². The largest absolute Gasteiger partial charge is 0.346 e. The molecule has 1 heterocycles. The normalized spacial score (nSPS) is 17.5. The maximum absolute atomic E-state index is 5.74. The molecule has 0 saturated heterocycles. The van der Waals surface area contributed by atoms with Crippen molar-refractivity contribution >= 4 is 23.8 Å². The van der Waals surface area contributed by atoms with Gasteiger partial charge in [-0.2, -0.15) is 0 Å². The fourth-order valence-corrected chi connectivity index (χ4v) is 2.41. The third-order valence-corrected chi connectivity index (χ3v) is 3.20. The second kappa shape index (κ2) is 4.41. The van der Waals surface area contributed by atoms with Gasteiger partial charge in [-0.1, -0.05) is 25.1 Å². The molecule has 1 N–H and O–H groups in total. The number of hydrogen-bond donors (Lipinski definition) is 1. The molecule has 1 aromatic heterocycles. The fraction of sp³-hybridized carbons (Fsp3) is 0.600. The van der Waals surface area contributed by atoms with Gasteiger partial charge in [0.15, 0.2) is 0 Å². The van der Waals surface area contributed by atoms with Crippen LogP contribution in [0.15, 0.2) is 6.07 Å². The number of aromatic amines is 1. The highest BCUT2D eigenvalue weighted by Crippen LogP contribution is 2.32. The first-order chi connectivity index (χ1) is 6.79. The number of hydrogen-bond acceptors (Lipinski definition) is 2. The van der Waals surface area contributed by atoms with E-state index in [0.29, 0.717) is 16.4 Å². The lowest BCUT2D eigenvalue weighted by Gasteiger charge is -2.10. The molecular weight excluding hydrogens is 216 g/mol. The zero-order valence-electron chi connectivity index (χ0n) is 7.92. The number of aromatic nitrogens is 2. The van der Waals surface area contributed by atoms with Crippen LogP contribution in [0.3, 0.4) is 0 Å². The van der Waals surface area contributed by atoms with E-state index < -0.39 is 0 Å². The lowest BCUT2D eigenvalue weighted by atomic mass is 10.0. The van der Waals surface area contributed by atoms with E-state index in [1.54, 1.807) is 0 Å². The van der Waals surface area contributed by atoms with Crippen LogP contribution in [0.4, 0.5) is 0 Å². The van der Waals surface area contributed by atoms with Crippen molar-refractivity contribution < 1.29 is 0 Å². The molecule has 76 valence electrons. The number of alkyl halides is 1. The van der Waals surface area contributed by atoms with Gasteiger partial charge < -0.3 is 4.98 Å². The SMILES string of the molecule is S=c1cc(C2CCCC2)[nH]c(CCl)n1. The van der Waals surface area contributed by atoms with Crippen LogP contribution in [0.25, 0.3) is 0 Å². The number of H-pyrrole nitrogens is 1. The molecule has 2 nitrogen and oxygen atoms in total. The number of halogens is 1. The first kappa shape index (κ1) is 10.1. The number of nitrogens with zero attached hydrogens (tertiary/aromatic N) is 1. The Morgan fingerprint density at radius 2 is 2.21 bits per heavy atom. The molecule has 0 amide bonds. The van der Waals surface area contributed by atoms with Crippen molar-refractivity contribution in [2.24, 2.45) is 0 Å². The zero-order chi connectivity index (χ0) is 9.97. The summed E-state index contributed by atoms with van der Waals surface area (Å²) in [5.74, 6) is 1.84. The zero-order valence-corrected chi connectivity index (χ0v) is 9.50. The van der Waals surface area contributed by atoms with Crippen molar-refractivity contribution in [2.45, 2.75) is 37.5 Å². The Balaban J connectivity index is 2.32. The number of rotatable bonds is 2. The lowest BCUT2D eigenvalue weighted by molar-refractivity contribution is 0.687. The molecule has 2 rings (SSSR count). The molecule has 0 aliphatic heterocycles. The Bertz CT molecular complexity index is 369. The quantitative estimate of drug-likeness (QED) is 0.620. The molecule has 0 unspecified atom stereocenters. The van der Waals surface area contributed by atoms with Crippen molar-refractivity contribution in [3.63, 3.8) is 0 Å². The minimum absolute atomic E-state index is 0.407. The monoisotopic (exact) mass is 228 g/mol. The van der Waals surface area contributed by atoms with Crippen LogP contribution < -0.4 is 0 Å². The van der Waals surface area contributed by atoms with Gasteiger partial charge in [-0.15, -0.1) is 11.6 Å². The highest BCUT2D eigenvalue weighted by molar-refractivity contribution is 7.71. The standard InChI is InChI=1S/C10H13ClN2S/c11-6-9-12-8(5-10(14)13-9)7-3-1-2-4-7/h5,7H,1-4,6H2,(H,12,13,14). The topological polar surface area (TPSA) is 28.7 Å². The van der Waals surface area contributed by atoms with E-state index in [-0.39, 0.29) is 0 Å². The molecule has 0 atom stereocenters. The molecule has 1 fully saturated rings. The van der Waals surface area contributed by atoms with Crippen molar-refractivity contribution in [2.75, 3.05) is 0 Å². The van der Waals surface area contributed by atoms with Gasteiger partial charge in [0, 0.05) is 5.69 Å². The van der Waals surface area contributed by atoms with Gasteiger partial charge in [0.25, 0.3) is 0 Å². The van der Waals surface area contributed by atoms with Crippen LogP contribution in [0.2, 0.25) is 0 Å². The number of nitrogens with one attached hydrogen (secondary N) is 1. The van der Waals surface area contributed by atoms with E-state index in [1.165, 1.54) is 31.4 Å².